The van der Waals surface area contributed by atoms with Gasteiger partial charge in [-0.1, -0.05) is 31.4 Å². The molecular weight excluding hydrogens is 350 g/mol. The molecule has 8 nitrogen and oxygen atoms in total. The number of urea groups is 1. The van der Waals surface area contributed by atoms with E-state index in [1.54, 1.807) is 4.90 Å². The largest absolute Gasteiger partial charge is 0.456 e. The molecule has 2 rings (SSSR count). The standard InChI is InChI=1S/C19H29N3O5/c1-4-21(12-14(2)3)15(23)13-27-16(24)8-11-22-17(25)19(20-18(22)26)9-6-5-7-10-19/h2,4-13H2,1,3H3,(H,20,26). The van der Waals surface area contributed by atoms with Gasteiger partial charge in [0.1, 0.15) is 5.54 Å². The highest BCUT2D eigenvalue weighted by Crippen LogP contribution is 2.33. The molecule has 1 saturated carbocycles. The number of nitrogens with zero attached hydrogens (tertiary/aromatic N) is 2. The lowest BCUT2D eigenvalue weighted by atomic mass is 9.82. The van der Waals surface area contributed by atoms with E-state index in [9.17, 15) is 19.2 Å². The minimum atomic E-state index is -0.792. The molecule has 1 heterocycles. The van der Waals surface area contributed by atoms with Crippen LogP contribution in [-0.2, 0) is 19.1 Å². The molecule has 8 heteroatoms. The zero-order chi connectivity index (χ0) is 20.0. The van der Waals surface area contributed by atoms with Gasteiger partial charge in [-0.25, -0.2) is 4.79 Å². The first-order valence-electron chi connectivity index (χ1n) is 9.51. The summed E-state index contributed by atoms with van der Waals surface area (Å²) in [5.74, 6) is -1.17. The quantitative estimate of drug-likeness (QED) is 0.393. The second-order valence-corrected chi connectivity index (χ2v) is 7.31. The van der Waals surface area contributed by atoms with Crippen molar-refractivity contribution in [1.82, 2.24) is 15.1 Å². The van der Waals surface area contributed by atoms with Crippen LogP contribution in [0.25, 0.3) is 0 Å². The van der Waals surface area contributed by atoms with Crippen molar-refractivity contribution in [2.24, 2.45) is 0 Å². The number of hydrogen-bond acceptors (Lipinski definition) is 5. The maximum atomic E-state index is 12.6. The summed E-state index contributed by atoms with van der Waals surface area (Å²) < 4.78 is 5.01. The van der Waals surface area contributed by atoms with Gasteiger partial charge in [0.2, 0.25) is 0 Å². The molecule has 0 aromatic heterocycles. The second kappa shape index (κ2) is 9.01. The molecule has 0 bridgehead atoms. The zero-order valence-electron chi connectivity index (χ0n) is 16.2. The van der Waals surface area contributed by atoms with Crippen molar-refractivity contribution in [3.63, 3.8) is 0 Å². The van der Waals surface area contributed by atoms with Gasteiger partial charge in [-0.3, -0.25) is 19.3 Å². The number of carbonyl (C=O) groups excluding carboxylic acids is 4. The Hall–Kier alpha value is -2.38. The Morgan fingerprint density at radius 1 is 1.26 bits per heavy atom. The molecule has 1 aliphatic carbocycles. The molecule has 1 N–H and O–H groups in total. The lowest BCUT2D eigenvalue weighted by Gasteiger charge is -2.30. The maximum absolute atomic E-state index is 12.6. The maximum Gasteiger partial charge on any atom is 0.325 e. The summed E-state index contributed by atoms with van der Waals surface area (Å²) >= 11 is 0. The Morgan fingerprint density at radius 2 is 1.93 bits per heavy atom. The van der Waals surface area contributed by atoms with Crippen LogP contribution in [0.15, 0.2) is 12.2 Å². The third kappa shape index (κ3) is 5.08. The highest BCUT2D eigenvalue weighted by molar-refractivity contribution is 6.07. The molecule has 2 fully saturated rings. The average molecular weight is 379 g/mol. The van der Waals surface area contributed by atoms with Gasteiger partial charge in [0, 0.05) is 19.6 Å². The summed E-state index contributed by atoms with van der Waals surface area (Å²) in [5, 5.41) is 2.80. The normalized spacial score (nSPS) is 18.4. The van der Waals surface area contributed by atoms with Gasteiger partial charge in [-0.2, -0.15) is 0 Å². The predicted molar refractivity (Wildman–Crippen MR) is 98.7 cm³/mol. The number of amides is 4. The molecule has 27 heavy (non-hydrogen) atoms. The van der Waals surface area contributed by atoms with E-state index in [1.165, 1.54) is 0 Å². The van der Waals surface area contributed by atoms with Crippen LogP contribution in [0.3, 0.4) is 0 Å². The van der Waals surface area contributed by atoms with Crippen LogP contribution >= 0.6 is 0 Å². The van der Waals surface area contributed by atoms with Crippen molar-refractivity contribution in [3.8, 4) is 0 Å². The van der Waals surface area contributed by atoms with E-state index in [4.69, 9.17) is 4.74 Å². The fraction of sp³-hybridized carbons (Fsp3) is 0.684. The molecule has 1 aliphatic heterocycles. The molecule has 0 radical (unpaired) electrons. The van der Waals surface area contributed by atoms with Crippen LogP contribution in [0.5, 0.6) is 0 Å². The summed E-state index contributed by atoms with van der Waals surface area (Å²) in [4.78, 5) is 51.4. The number of ether oxygens (including phenoxy) is 1. The zero-order valence-corrected chi connectivity index (χ0v) is 16.2. The fourth-order valence-corrected chi connectivity index (χ4v) is 3.58. The van der Waals surface area contributed by atoms with E-state index in [2.05, 4.69) is 11.9 Å². The third-order valence-electron chi connectivity index (χ3n) is 5.04. The lowest BCUT2D eigenvalue weighted by Crippen LogP contribution is -2.48. The van der Waals surface area contributed by atoms with Gasteiger partial charge in [-0.05, 0) is 26.7 Å². The van der Waals surface area contributed by atoms with Crippen LogP contribution in [0.4, 0.5) is 4.79 Å². The van der Waals surface area contributed by atoms with Crippen molar-refractivity contribution in [2.75, 3.05) is 26.2 Å². The third-order valence-corrected chi connectivity index (χ3v) is 5.04. The Bertz CT molecular complexity index is 625. The van der Waals surface area contributed by atoms with Gasteiger partial charge < -0.3 is 15.0 Å². The molecular formula is C19H29N3O5. The van der Waals surface area contributed by atoms with Gasteiger partial charge in [0.25, 0.3) is 11.8 Å². The van der Waals surface area contributed by atoms with Crippen molar-refractivity contribution in [3.05, 3.63) is 12.2 Å². The summed E-state index contributed by atoms with van der Waals surface area (Å²) in [6, 6.07) is -0.454. The van der Waals surface area contributed by atoms with E-state index < -0.39 is 17.5 Å². The van der Waals surface area contributed by atoms with Crippen LogP contribution < -0.4 is 5.32 Å². The van der Waals surface area contributed by atoms with Crippen LogP contribution in [0, 0.1) is 0 Å². The van der Waals surface area contributed by atoms with E-state index >= 15 is 0 Å². The molecule has 150 valence electrons. The minimum Gasteiger partial charge on any atom is -0.456 e. The number of nitrogens with one attached hydrogen (secondary N) is 1. The fourth-order valence-electron chi connectivity index (χ4n) is 3.58. The highest BCUT2D eigenvalue weighted by atomic mass is 16.5. The highest BCUT2D eigenvalue weighted by Gasteiger charge is 2.51. The Morgan fingerprint density at radius 3 is 2.52 bits per heavy atom. The molecule has 4 amide bonds. The minimum absolute atomic E-state index is 0.0390. The molecule has 2 aliphatic rings. The Balaban J connectivity index is 1.80. The smallest absolute Gasteiger partial charge is 0.325 e. The van der Waals surface area contributed by atoms with Crippen LogP contribution in [0.2, 0.25) is 0 Å². The summed E-state index contributed by atoms with van der Waals surface area (Å²) in [7, 11) is 0. The topological polar surface area (TPSA) is 96.0 Å². The first-order chi connectivity index (χ1) is 12.8. The number of carbonyl (C=O) groups is 4. The summed E-state index contributed by atoms with van der Waals surface area (Å²) in [6.07, 6.45) is 4.02. The van der Waals surface area contributed by atoms with E-state index in [0.29, 0.717) is 25.9 Å². The Labute approximate surface area is 159 Å². The van der Waals surface area contributed by atoms with E-state index in [-0.39, 0.29) is 31.4 Å². The predicted octanol–water partition coefficient (Wildman–Crippen LogP) is 1.60. The van der Waals surface area contributed by atoms with Crippen molar-refractivity contribution < 1.29 is 23.9 Å². The van der Waals surface area contributed by atoms with E-state index in [0.717, 1.165) is 29.7 Å². The van der Waals surface area contributed by atoms with E-state index in [1.807, 2.05) is 13.8 Å². The molecule has 0 aromatic rings. The molecule has 1 saturated heterocycles. The monoisotopic (exact) mass is 379 g/mol. The van der Waals surface area contributed by atoms with Gasteiger partial charge in [-0.15, -0.1) is 0 Å². The molecule has 0 aromatic carbocycles. The average Bonchev–Trinajstić information content (AvgIpc) is 2.85. The SMILES string of the molecule is C=C(C)CN(CC)C(=O)COC(=O)CCN1C(=O)NC2(CCCCC2)C1=O. The summed E-state index contributed by atoms with van der Waals surface area (Å²) in [5.41, 5.74) is 0.0473. The number of hydrogen-bond donors (Lipinski definition) is 1. The second-order valence-electron chi connectivity index (χ2n) is 7.31. The molecule has 0 atom stereocenters. The van der Waals surface area contributed by atoms with Crippen molar-refractivity contribution in [2.45, 2.75) is 57.9 Å². The molecule has 0 unspecified atom stereocenters. The number of rotatable bonds is 8. The van der Waals surface area contributed by atoms with Crippen molar-refractivity contribution in [1.29, 1.82) is 0 Å². The first kappa shape index (κ1) is 20.9. The van der Waals surface area contributed by atoms with Crippen LogP contribution in [-0.4, -0.2) is 65.4 Å². The van der Waals surface area contributed by atoms with Gasteiger partial charge in [0.05, 0.1) is 6.42 Å². The van der Waals surface area contributed by atoms with Crippen molar-refractivity contribution >= 4 is 23.8 Å². The van der Waals surface area contributed by atoms with Crippen LogP contribution in [0.1, 0.15) is 52.4 Å². The number of imide groups is 1. The number of likely N-dealkylation sites (N-methyl/N-ethyl adjacent to an activating group) is 1. The van der Waals surface area contributed by atoms with Gasteiger partial charge >= 0.3 is 12.0 Å². The Kier molecular flexibility index (Phi) is 6.98. The van der Waals surface area contributed by atoms with Gasteiger partial charge in [0.15, 0.2) is 6.61 Å². The first-order valence-corrected chi connectivity index (χ1v) is 9.51. The summed E-state index contributed by atoms with van der Waals surface area (Å²) in [6.45, 7) is 7.93. The molecule has 1 spiro atoms. The lowest BCUT2D eigenvalue weighted by molar-refractivity contribution is -0.152. The number of esters is 1.